The van der Waals surface area contributed by atoms with Gasteiger partial charge >= 0.3 is 0 Å². The van der Waals surface area contributed by atoms with Crippen LogP contribution in [-0.4, -0.2) is 65.9 Å². The van der Waals surface area contributed by atoms with E-state index in [9.17, 15) is 4.79 Å². The number of nitrogens with one attached hydrogen (secondary N) is 1. The lowest BCUT2D eigenvalue weighted by Gasteiger charge is -2.35. The molecule has 1 fully saturated rings. The van der Waals surface area contributed by atoms with E-state index in [0.29, 0.717) is 26.2 Å². The highest BCUT2D eigenvalue weighted by molar-refractivity contribution is 5.98. The number of benzene rings is 1. The zero-order chi connectivity index (χ0) is 20.6. The van der Waals surface area contributed by atoms with Crippen molar-refractivity contribution in [2.75, 3.05) is 44.2 Å². The van der Waals surface area contributed by atoms with E-state index in [2.05, 4.69) is 10.4 Å². The first-order chi connectivity index (χ1) is 14.1. The number of para-hydroxylation sites is 1. The zero-order valence-corrected chi connectivity index (χ0v) is 17.5. The lowest BCUT2D eigenvalue weighted by atomic mass is 10.2. The van der Waals surface area contributed by atoms with Crippen molar-refractivity contribution in [1.29, 1.82) is 0 Å². The molecule has 0 saturated carbocycles. The summed E-state index contributed by atoms with van der Waals surface area (Å²) >= 11 is 0. The normalized spacial score (nSPS) is 15.0. The molecule has 0 spiro atoms. The van der Waals surface area contributed by atoms with Crippen LogP contribution in [0.2, 0.25) is 0 Å². The molecule has 1 aromatic carbocycles. The van der Waals surface area contributed by atoms with E-state index in [0.717, 1.165) is 42.5 Å². The van der Waals surface area contributed by atoms with Crippen LogP contribution >= 0.6 is 0 Å². The summed E-state index contributed by atoms with van der Waals surface area (Å²) in [6, 6.07) is 8.01. The molecule has 0 radical (unpaired) electrons. The van der Waals surface area contributed by atoms with Gasteiger partial charge in [-0.15, -0.1) is 0 Å². The van der Waals surface area contributed by atoms with Gasteiger partial charge in [0, 0.05) is 45.8 Å². The number of hydrogen-bond donors (Lipinski definition) is 1. The van der Waals surface area contributed by atoms with Gasteiger partial charge in [-0.05, 0) is 25.5 Å². The number of rotatable bonds is 7. The van der Waals surface area contributed by atoms with E-state index in [4.69, 9.17) is 9.73 Å². The summed E-state index contributed by atoms with van der Waals surface area (Å²) in [5.74, 6) is 1.75. The van der Waals surface area contributed by atoms with Gasteiger partial charge in [0.1, 0.15) is 12.3 Å². The molecular formula is C21H30N6O2. The number of aromatic nitrogens is 2. The van der Waals surface area contributed by atoms with Crippen LogP contribution in [0.3, 0.4) is 0 Å². The van der Waals surface area contributed by atoms with Gasteiger partial charge in [-0.1, -0.05) is 18.2 Å². The monoisotopic (exact) mass is 398 g/mol. The van der Waals surface area contributed by atoms with E-state index >= 15 is 0 Å². The largest absolute Gasteiger partial charge is 0.493 e. The summed E-state index contributed by atoms with van der Waals surface area (Å²) in [5, 5.41) is 7.45. The number of carbonyl (C=O) groups is 1. The first-order valence-electron chi connectivity index (χ1n) is 10.1. The van der Waals surface area contributed by atoms with Crippen LogP contribution in [0.15, 0.2) is 41.7 Å². The zero-order valence-electron chi connectivity index (χ0n) is 17.5. The molecule has 1 aliphatic heterocycles. The van der Waals surface area contributed by atoms with Crippen molar-refractivity contribution in [3.8, 4) is 5.75 Å². The Labute approximate surface area is 172 Å². The summed E-state index contributed by atoms with van der Waals surface area (Å²) in [4.78, 5) is 21.1. The maximum atomic E-state index is 12.6. The van der Waals surface area contributed by atoms with Crippen LogP contribution in [0.4, 0.5) is 5.69 Å². The molecule has 0 bridgehead atoms. The van der Waals surface area contributed by atoms with Gasteiger partial charge in [-0.2, -0.15) is 5.10 Å². The van der Waals surface area contributed by atoms with Crippen molar-refractivity contribution < 1.29 is 9.53 Å². The quantitative estimate of drug-likeness (QED) is 0.437. The minimum atomic E-state index is 0.0535. The maximum Gasteiger partial charge on any atom is 0.246 e. The van der Waals surface area contributed by atoms with E-state index in [1.807, 2.05) is 56.3 Å². The van der Waals surface area contributed by atoms with E-state index in [1.54, 1.807) is 15.8 Å². The highest BCUT2D eigenvalue weighted by Crippen LogP contribution is 2.17. The Hall–Kier alpha value is -3.03. The summed E-state index contributed by atoms with van der Waals surface area (Å²) in [6.45, 7) is 7.74. The van der Waals surface area contributed by atoms with Crippen molar-refractivity contribution in [3.05, 3.63) is 42.2 Å². The van der Waals surface area contributed by atoms with Gasteiger partial charge < -0.3 is 19.9 Å². The van der Waals surface area contributed by atoms with E-state index in [1.165, 1.54) is 0 Å². The number of guanidine groups is 1. The molecule has 29 heavy (non-hydrogen) atoms. The summed E-state index contributed by atoms with van der Waals surface area (Å²) in [7, 11) is 1.85. The van der Waals surface area contributed by atoms with Crippen LogP contribution in [0, 0.1) is 6.92 Å². The van der Waals surface area contributed by atoms with Gasteiger partial charge in [-0.3, -0.25) is 14.5 Å². The number of amides is 1. The fraction of sp³-hybridized carbons (Fsp3) is 0.476. The van der Waals surface area contributed by atoms with E-state index < -0.39 is 0 Å². The Morgan fingerprint density at radius 2 is 2.14 bits per heavy atom. The Morgan fingerprint density at radius 3 is 2.83 bits per heavy atom. The smallest absolute Gasteiger partial charge is 0.246 e. The molecule has 1 aromatic heterocycles. The molecule has 156 valence electrons. The number of piperazine rings is 1. The molecule has 0 unspecified atom stereocenters. The van der Waals surface area contributed by atoms with Crippen LogP contribution in [0.1, 0.15) is 18.9 Å². The minimum absolute atomic E-state index is 0.0535. The Bertz CT molecular complexity index is 847. The first-order valence-corrected chi connectivity index (χ1v) is 10.1. The lowest BCUT2D eigenvalue weighted by molar-refractivity contribution is -0.120. The van der Waals surface area contributed by atoms with Crippen LogP contribution < -0.4 is 15.0 Å². The predicted molar refractivity (Wildman–Crippen MR) is 114 cm³/mol. The van der Waals surface area contributed by atoms with Crippen LogP contribution in [0.5, 0.6) is 5.75 Å². The Balaban J connectivity index is 1.51. The van der Waals surface area contributed by atoms with Crippen molar-refractivity contribution in [3.63, 3.8) is 0 Å². The molecule has 8 heteroatoms. The number of anilines is 1. The Kier molecular flexibility index (Phi) is 7.10. The number of hydrogen-bond acceptors (Lipinski definition) is 4. The van der Waals surface area contributed by atoms with Crippen LogP contribution in [-0.2, 0) is 11.8 Å². The molecule has 1 aliphatic rings. The highest BCUT2D eigenvalue weighted by Gasteiger charge is 2.27. The molecular weight excluding hydrogens is 368 g/mol. The van der Waals surface area contributed by atoms with Gasteiger partial charge in [-0.25, -0.2) is 0 Å². The second-order valence-corrected chi connectivity index (χ2v) is 7.04. The molecule has 0 atom stereocenters. The van der Waals surface area contributed by atoms with Crippen molar-refractivity contribution in [2.45, 2.75) is 20.3 Å². The third-order valence-corrected chi connectivity index (χ3v) is 4.77. The number of nitrogens with zero attached hydrogens (tertiary/aromatic N) is 5. The van der Waals surface area contributed by atoms with Gasteiger partial charge in [0.15, 0.2) is 5.96 Å². The van der Waals surface area contributed by atoms with Gasteiger partial charge in [0.2, 0.25) is 5.91 Å². The fourth-order valence-electron chi connectivity index (χ4n) is 3.25. The molecule has 0 aliphatic carbocycles. The SMILES string of the molecule is CCNC(=NCCCOc1ccccc1C)N1CCN(c2cnn(C)c2)C(=O)C1. The molecule has 1 amide bonds. The van der Waals surface area contributed by atoms with E-state index in [-0.39, 0.29) is 5.91 Å². The van der Waals surface area contributed by atoms with Gasteiger partial charge in [0.05, 0.1) is 18.5 Å². The summed E-state index contributed by atoms with van der Waals surface area (Å²) in [5.41, 5.74) is 1.97. The third-order valence-electron chi connectivity index (χ3n) is 4.77. The van der Waals surface area contributed by atoms with Gasteiger partial charge in [0.25, 0.3) is 0 Å². The molecule has 8 nitrogen and oxygen atoms in total. The van der Waals surface area contributed by atoms with Crippen molar-refractivity contribution in [1.82, 2.24) is 20.0 Å². The Morgan fingerprint density at radius 1 is 1.31 bits per heavy atom. The first kappa shape index (κ1) is 20.7. The second kappa shape index (κ2) is 9.95. The molecule has 1 saturated heterocycles. The summed E-state index contributed by atoms with van der Waals surface area (Å²) < 4.78 is 7.54. The number of aliphatic imine (C=N–C) groups is 1. The van der Waals surface area contributed by atoms with Crippen molar-refractivity contribution in [2.24, 2.45) is 12.0 Å². The number of carbonyl (C=O) groups excluding carboxylic acids is 1. The minimum Gasteiger partial charge on any atom is -0.493 e. The summed E-state index contributed by atoms with van der Waals surface area (Å²) in [6.07, 6.45) is 4.40. The predicted octanol–water partition coefficient (Wildman–Crippen LogP) is 1.81. The molecule has 1 N–H and O–H groups in total. The molecule has 3 rings (SSSR count). The lowest BCUT2D eigenvalue weighted by Crippen LogP contribution is -2.55. The number of aryl methyl sites for hydroxylation is 2. The number of ether oxygens (including phenoxy) is 1. The highest BCUT2D eigenvalue weighted by atomic mass is 16.5. The standard InChI is InChI=1S/C21H30N6O2/c1-4-22-21(23-10-7-13-29-19-9-6-5-8-17(19)2)26-11-12-27(20(28)16-26)18-14-24-25(3)15-18/h5-6,8-9,14-15H,4,7,10-13,16H2,1-3H3,(H,22,23). The topological polar surface area (TPSA) is 75.0 Å². The average molecular weight is 399 g/mol. The van der Waals surface area contributed by atoms with Crippen molar-refractivity contribution >= 4 is 17.6 Å². The third kappa shape index (κ3) is 5.49. The molecule has 2 heterocycles. The second-order valence-electron chi connectivity index (χ2n) is 7.04. The fourth-order valence-corrected chi connectivity index (χ4v) is 3.25. The maximum absolute atomic E-state index is 12.6. The van der Waals surface area contributed by atoms with Crippen LogP contribution in [0.25, 0.3) is 0 Å². The average Bonchev–Trinajstić information content (AvgIpc) is 3.14. The molecule has 2 aromatic rings.